The van der Waals surface area contributed by atoms with Crippen molar-refractivity contribution in [1.29, 1.82) is 0 Å². The summed E-state index contributed by atoms with van der Waals surface area (Å²) in [6, 6.07) is 0. The van der Waals surface area contributed by atoms with E-state index >= 15 is 0 Å². The fraction of sp³-hybridized carbons (Fsp3) is 1.00. The van der Waals surface area contributed by atoms with E-state index < -0.39 is 0 Å². The molecule has 1 saturated heterocycles. The monoisotopic (exact) mass is 102 g/mol. The van der Waals surface area contributed by atoms with Crippen LogP contribution in [0.2, 0.25) is 0 Å². The number of aliphatic hydroxyl groups is 1. The minimum absolute atomic E-state index is 0.259. The Morgan fingerprint density at radius 3 is 2.43 bits per heavy atom. The fourth-order valence-electron chi connectivity index (χ4n) is 0.660. The van der Waals surface area contributed by atoms with Crippen LogP contribution < -0.4 is 0 Å². The SMILES string of the molecule is C[C@H]1O[C@H]1CCO. The molecule has 2 atom stereocenters. The van der Waals surface area contributed by atoms with E-state index in [1.165, 1.54) is 0 Å². The zero-order valence-corrected chi connectivity index (χ0v) is 4.42. The molecular formula is C5H10O2. The first kappa shape index (κ1) is 5.06. The lowest BCUT2D eigenvalue weighted by Crippen LogP contribution is -1.92. The number of epoxide rings is 1. The molecule has 1 aliphatic rings. The second-order valence-electron chi connectivity index (χ2n) is 1.89. The van der Waals surface area contributed by atoms with Crippen molar-refractivity contribution in [3.8, 4) is 0 Å². The van der Waals surface area contributed by atoms with Gasteiger partial charge in [0.25, 0.3) is 0 Å². The molecule has 1 N–H and O–H groups in total. The Labute approximate surface area is 43.1 Å². The van der Waals surface area contributed by atoms with E-state index in [9.17, 15) is 0 Å². The van der Waals surface area contributed by atoms with Gasteiger partial charge in [-0.15, -0.1) is 0 Å². The van der Waals surface area contributed by atoms with Crippen LogP contribution in [0.4, 0.5) is 0 Å². The highest BCUT2D eigenvalue weighted by Gasteiger charge is 2.32. The first-order valence-corrected chi connectivity index (χ1v) is 2.61. The van der Waals surface area contributed by atoms with Gasteiger partial charge >= 0.3 is 0 Å². The molecule has 0 aliphatic carbocycles. The standard InChI is InChI=1S/C5H10O2/c1-4-5(7-4)2-3-6/h4-6H,2-3H2,1H3/t4-,5+/m1/s1. The van der Waals surface area contributed by atoms with Gasteiger partial charge in [0.15, 0.2) is 0 Å². The molecule has 0 spiro atoms. The lowest BCUT2D eigenvalue weighted by atomic mass is 10.3. The molecule has 7 heavy (non-hydrogen) atoms. The van der Waals surface area contributed by atoms with Gasteiger partial charge in [-0.1, -0.05) is 0 Å². The Hall–Kier alpha value is -0.0800. The Bertz CT molecular complexity index is 63.1. The molecule has 0 unspecified atom stereocenters. The normalized spacial score (nSPS) is 38.6. The molecular weight excluding hydrogens is 92.1 g/mol. The molecule has 42 valence electrons. The van der Waals surface area contributed by atoms with Crippen LogP contribution in [-0.4, -0.2) is 23.9 Å². The third-order valence-corrected chi connectivity index (χ3v) is 1.25. The van der Waals surface area contributed by atoms with Crippen LogP contribution in [0.5, 0.6) is 0 Å². The summed E-state index contributed by atoms with van der Waals surface area (Å²) in [4.78, 5) is 0. The van der Waals surface area contributed by atoms with E-state index in [0.717, 1.165) is 6.42 Å². The van der Waals surface area contributed by atoms with Crippen LogP contribution >= 0.6 is 0 Å². The van der Waals surface area contributed by atoms with Crippen molar-refractivity contribution in [2.24, 2.45) is 0 Å². The molecule has 1 aliphatic heterocycles. The van der Waals surface area contributed by atoms with E-state index in [2.05, 4.69) is 0 Å². The van der Waals surface area contributed by atoms with E-state index in [-0.39, 0.29) is 6.61 Å². The summed E-state index contributed by atoms with van der Waals surface area (Å²) < 4.78 is 5.00. The van der Waals surface area contributed by atoms with E-state index in [0.29, 0.717) is 12.2 Å². The summed E-state index contributed by atoms with van der Waals surface area (Å²) in [5, 5.41) is 8.31. The van der Waals surface area contributed by atoms with Crippen molar-refractivity contribution in [2.75, 3.05) is 6.61 Å². The Balaban J connectivity index is 1.98. The smallest absolute Gasteiger partial charge is 0.0860 e. The highest BCUT2D eigenvalue weighted by atomic mass is 16.6. The number of aliphatic hydroxyl groups excluding tert-OH is 1. The highest BCUT2D eigenvalue weighted by Crippen LogP contribution is 2.23. The van der Waals surface area contributed by atoms with Crippen molar-refractivity contribution in [3.63, 3.8) is 0 Å². The number of rotatable bonds is 2. The van der Waals surface area contributed by atoms with Gasteiger partial charge in [-0.05, 0) is 13.3 Å². The van der Waals surface area contributed by atoms with Crippen molar-refractivity contribution in [3.05, 3.63) is 0 Å². The fourth-order valence-corrected chi connectivity index (χ4v) is 0.660. The van der Waals surface area contributed by atoms with Gasteiger partial charge in [0.1, 0.15) is 0 Å². The predicted octanol–water partition coefficient (Wildman–Crippen LogP) is 0.156. The Morgan fingerprint density at radius 2 is 2.29 bits per heavy atom. The third kappa shape index (κ3) is 1.14. The molecule has 1 heterocycles. The molecule has 0 radical (unpaired) electrons. The van der Waals surface area contributed by atoms with Gasteiger partial charge in [-0.25, -0.2) is 0 Å². The summed E-state index contributed by atoms with van der Waals surface area (Å²) in [7, 11) is 0. The summed E-state index contributed by atoms with van der Waals surface area (Å²) in [6.45, 7) is 2.27. The first-order chi connectivity index (χ1) is 3.34. The first-order valence-electron chi connectivity index (χ1n) is 2.61. The van der Waals surface area contributed by atoms with Crippen molar-refractivity contribution in [1.82, 2.24) is 0 Å². The van der Waals surface area contributed by atoms with Crippen LogP contribution in [0.3, 0.4) is 0 Å². The molecule has 2 nitrogen and oxygen atoms in total. The summed E-state index contributed by atoms with van der Waals surface area (Å²) >= 11 is 0. The molecule has 0 bridgehead atoms. The van der Waals surface area contributed by atoms with Crippen molar-refractivity contribution >= 4 is 0 Å². The quantitative estimate of drug-likeness (QED) is 0.503. The topological polar surface area (TPSA) is 32.8 Å². The summed E-state index contributed by atoms with van der Waals surface area (Å²) in [6.07, 6.45) is 1.58. The third-order valence-electron chi connectivity index (χ3n) is 1.25. The highest BCUT2D eigenvalue weighted by molar-refractivity contribution is 4.79. The lowest BCUT2D eigenvalue weighted by Gasteiger charge is -1.81. The van der Waals surface area contributed by atoms with E-state index in [4.69, 9.17) is 9.84 Å². The maximum atomic E-state index is 8.31. The zero-order chi connectivity index (χ0) is 5.28. The van der Waals surface area contributed by atoms with Gasteiger partial charge in [-0.2, -0.15) is 0 Å². The molecule has 0 aromatic carbocycles. The summed E-state index contributed by atoms with van der Waals surface area (Å²) in [5.74, 6) is 0. The molecule has 1 fully saturated rings. The van der Waals surface area contributed by atoms with Crippen LogP contribution in [0.15, 0.2) is 0 Å². The maximum Gasteiger partial charge on any atom is 0.0860 e. The second-order valence-corrected chi connectivity index (χ2v) is 1.89. The van der Waals surface area contributed by atoms with Gasteiger partial charge in [0, 0.05) is 6.61 Å². The van der Waals surface area contributed by atoms with Gasteiger partial charge < -0.3 is 9.84 Å². The number of ether oxygens (including phenoxy) is 1. The van der Waals surface area contributed by atoms with Gasteiger partial charge in [-0.3, -0.25) is 0 Å². The molecule has 1 rings (SSSR count). The van der Waals surface area contributed by atoms with Gasteiger partial charge in [0.2, 0.25) is 0 Å². The molecule has 0 aromatic rings. The van der Waals surface area contributed by atoms with E-state index in [1.807, 2.05) is 6.92 Å². The maximum absolute atomic E-state index is 8.31. The van der Waals surface area contributed by atoms with Crippen molar-refractivity contribution in [2.45, 2.75) is 25.6 Å². The van der Waals surface area contributed by atoms with Gasteiger partial charge in [0.05, 0.1) is 12.2 Å². The zero-order valence-electron chi connectivity index (χ0n) is 4.42. The predicted molar refractivity (Wildman–Crippen MR) is 26.0 cm³/mol. The second kappa shape index (κ2) is 1.80. The van der Waals surface area contributed by atoms with Crippen LogP contribution in [0.25, 0.3) is 0 Å². The average Bonchev–Trinajstić information content (AvgIpc) is 2.22. The molecule has 2 heteroatoms. The minimum atomic E-state index is 0.259. The average molecular weight is 102 g/mol. The largest absolute Gasteiger partial charge is 0.396 e. The van der Waals surface area contributed by atoms with Crippen LogP contribution in [0.1, 0.15) is 13.3 Å². The van der Waals surface area contributed by atoms with E-state index in [1.54, 1.807) is 0 Å². The summed E-state index contributed by atoms with van der Waals surface area (Å²) in [5.41, 5.74) is 0. The molecule has 0 saturated carbocycles. The lowest BCUT2D eigenvalue weighted by molar-refractivity contribution is 0.263. The Kier molecular flexibility index (Phi) is 1.30. The Morgan fingerprint density at radius 1 is 1.71 bits per heavy atom. The minimum Gasteiger partial charge on any atom is -0.396 e. The van der Waals surface area contributed by atoms with Crippen LogP contribution in [-0.2, 0) is 4.74 Å². The van der Waals surface area contributed by atoms with Crippen molar-refractivity contribution < 1.29 is 9.84 Å². The molecule has 0 aromatic heterocycles. The number of hydrogen-bond acceptors (Lipinski definition) is 2. The van der Waals surface area contributed by atoms with Crippen LogP contribution in [0, 0.1) is 0 Å². The molecule has 0 amide bonds. The number of hydrogen-bond donors (Lipinski definition) is 1.